The van der Waals surface area contributed by atoms with E-state index >= 15 is 0 Å². The second-order valence-corrected chi connectivity index (χ2v) is 8.55. The molecule has 0 radical (unpaired) electrons. The molecule has 0 unspecified atom stereocenters. The van der Waals surface area contributed by atoms with Crippen molar-refractivity contribution in [2.24, 2.45) is 11.1 Å². The quantitative estimate of drug-likeness (QED) is 0.719. The van der Waals surface area contributed by atoms with Gasteiger partial charge >= 0.3 is 0 Å². The number of nitrogens with two attached hydrogens (primary N) is 1. The monoisotopic (exact) mass is 377 g/mol. The molecular weight excluding hydrogens is 350 g/mol. The molecule has 0 bridgehead atoms. The minimum atomic E-state index is -3.22. The number of nitrogens with zero attached hydrogens (tertiary/aromatic N) is 1. The Morgan fingerprint density at radius 1 is 1.25 bits per heavy atom. The number of amides is 1. The third kappa shape index (κ3) is 7.17. The number of carbonyl (C=O) groups excluding carboxylic acids is 1. The van der Waals surface area contributed by atoms with E-state index in [1.807, 2.05) is 13.8 Å². The molecule has 1 rings (SSSR count). The van der Waals surface area contributed by atoms with E-state index in [1.54, 1.807) is 43.1 Å². The molecule has 0 aliphatic rings. The summed E-state index contributed by atoms with van der Waals surface area (Å²) in [4.78, 5) is 14.0. The topological polar surface area (TPSA) is 92.5 Å². The van der Waals surface area contributed by atoms with Crippen LogP contribution in [0.25, 0.3) is 0 Å². The van der Waals surface area contributed by atoms with E-state index in [2.05, 4.69) is 4.72 Å². The van der Waals surface area contributed by atoms with Crippen LogP contribution in [0.4, 0.5) is 0 Å². The number of benzene rings is 1. The van der Waals surface area contributed by atoms with Crippen molar-refractivity contribution in [3.8, 4) is 0 Å². The van der Waals surface area contributed by atoms with Crippen LogP contribution in [0.5, 0.6) is 0 Å². The largest absolute Gasteiger partial charge is 0.341 e. The molecule has 8 heteroatoms. The van der Waals surface area contributed by atoms with Crippen molar-refractivity contribution in [3.63, 3.8) is 0 Å². The summed E-state index contributed by atoms with van der Waals surface area (Å²) in [5.74, 6) is -0.0297. The molecule has 24 heavy (non-hydrogen) atoms. The molecule has 0 fully saturated rings. The summed E-state index contributed by atoms with van der Waals surface area (Å²) >= 11 is 0. The number of halogens is 1. The van der Waals surface area contributed by atoms with Gasteiger partial charge in [-0.05, 0) is 36.6 Å². The zero-order valence-electron chi connectivity index (χ0n) is 14.7. The Bertz CT molecular complexity index is 630. The molecule has 0 atom stereocenters. The van der Waals surface area contributed by atoms with Gasteiger partial charge in [0.15, 0.2) is 0 Å². The van der Waals surface area contributed by atoms with Gasteiger partial charge in [0.1, 0.15) is 0 Å². The lowest BCUT2D eigenvalue weighted by atomic mass is 9.93. The van der Waals surface area contributed by atoms with E-state index in [0.717, 1.165) is 5.56 Å². The molecule has 1 amide bonds. The van der Waals surface area contributed by atoms with Crippen LogP contribution in [0.3, 0.4) is 0 Å². The first-order valence-electron chi connectivity index (χ1n) is 7.62. The molecule has 0 saturated carbocycles. The molecule has 0 heterocycles. The lowest BCUT2D eigenvalue weighted by Crippen LogP contribution is -2.39. The summed E-state index contributed by atoms with van der Waals surface area (Å²) in [6.45, 7) is 6.91. The van der Waals surface area contributed by atoms with Gasteiger partial charge in [0.2, 0.25) is 10.0 Å². The maximum atomic E-state index is 12.4. The van der Waals surface area contributed by atoms with Gasteiger partial charge in [0.25, 0.3) is 5.91 Å². The van der Waals surface area contributed by atoms with E-state index in [4.69, 9.17) is 5.73 Å². The molecule has 138 valence electrons. The fraction of sp³-hybridized carbons (Fsp3) is 0.562. The first-order valence-corrected chi connectivity index (χ1v) is 9.27. The van der Waals surface area contributed by atoms with E-state index < -0.39 is 10.0 Å². The zero-order chi connectivity index (χ0) is 17.7. The van der Waals surface area contributed by atoms with Crippen LogP contribution in [0, 0.1) is 5.41 Å². The van der Waals surface area contributed by atoms with Gasteiger partial charge in [-0.15, -0.1) is 12.4 Å². The van der Waals surface area contributed by atoms with Crippen molar-refractivity contribution < 1.29 is 13.2 Å². The third-order valence-corrected chi connectivity index (χ3v) is 4.99. The number of rotatable bonds is 8. The second kappa shape index (κ2) is 9.36. The van der Waals surface area contributed by atoms with Gasteiger partial charge < -0.3 is 10.6 Å². The Kier molecular flexibility index (Phi) is 8.91. The standard InChI is InChI=1S/C16H27N3O3S.ClH/c1-5-23(21,22)18-10-13-6-8-14(9-7-13)15(20)19(4)12-16(2,3)11-17;/h6-9,18H,5,10-12,17H2,1-4H3;1H. The fourth-order valence-electron chi connectivity index (χ4n) is 2.06. The van der Waals surface area contributed by atoms with Crippen LogP contribution in [0.2, 0.25) is 0 Å². The van der Waals surface area contributed by atoms with Crippen molar-refractivity contribution in [2.45, 2.75) is 27.3 Å². The average Bonchev–Trinajstić information content (AvgIpc) is 2.52. The molecule has 1 aromatic rings. The summed E-state index contributed by atoms with van der Waals surface area (Å²) in [6.07, 6.45) is 0. The normalized spacial score (nSPS) is 11.7. The Morgan fingerprint density at radius 3 is 2.25 bits per heavy atom. The highest BCUT2D eigenvalue weighted by atomic mass is 35.5. The minimum absolute atomic E-state index is 0. The first-order chi connectivity index (χ1) is 10.6. The van der Waals surface area contributed by atoms with Crippen molar-refractivity contribution in [3.05, 3.63) is 35.4 Å². The van der Waals surface area contributed by atoms with Crippen molar-refractivity contribution >= 4 is 28.3 Å². The van der Waals surface area contributed by atoms with Crippen LogP contribution in [-0.2, 0) is 16.6 Å². The average molecular weight is 378 g/mol. The minimum Gasteiger partial charge on any atom is -0.341 e. The first kappa shape index (κ1) is 22.9. The van der Waals surface area contributed by atoms with Gasteiger partial charge in [-0.25, -0.2) is 13.1 Å². The van der Waals surface area contributed by atoms with E-state index in [-0.39, 0.29) is 36.0 Å². The molecule has 3 N–H and O–H groups in total. The van der Waals surface area contributed by atoms with Crippen LogP contribution < -0.4 is 10.5 Å². The van der Waals surface area contributed by atoms with Crippen molar-refractivity contribution in [1.82, 2.24) is 9.62 Å². The summed E-state index contributed by atoms with van der Waals surface area (Å²) in [5.41, 5.74) is 6.94. The molecule has 0 spiro atoms. The third-order valence-electron chi connectivity index (χ3n) is 3.64. The Balaban J connectivity index is 0.00000529. The van der Waals surface area contributed by atoms with Crippen molar-refractivity contribution in [1.29, 1.82) is 0 Å². The molecule has 6 nitrogen and oxygen atoms in total. The predicted molar refractivity (Wildman–Crippen MR) is 99.8 cm³/mol. The predicted octanol–water partition coefficient (Wildman–Crippen LogP) is 1.60. The second-order valence-electron chi connectivity index (χ2n) is 6.45. The van der Waals surface area contributed by atoms with Crippen molar-refractivity contribution in [2.75, 3.05) is 25.9 Å². The smallest absolute Gasteiger partial charge is 0.253 e. The van der Waals surface area contributed by atoms with E-state index in [9.17, 15) is 13.2 Å². The van der Waals surface area contributed by atoms with E-state index in [1.165, 1.54) is 0 Å². The van der Waals surface area contributed by atoms with Crippen LogP contribution in [0.15, 0.2) is 24.3 Å². The lowest BCUT2D eigenvalue weighted by molar-refractivity contribution is 0.0740. The number of hydrogen-bond acceptors (Lipinski definition) is 4. The lowest BCUT2D eigenvalue weighted by Gasteiger charge is -2.29. The fourth-order valence-corrected chi connectivity index (χ4v) is 2.65. The Labute approximate surface area is 151 Å². The van der Waals surface area contributed by atoms with Crippen LogP contribution in [-0.4, -0.2) is 45.1 Å². The van der Waals surface area contributed by atoms with Gasteiger partial charge in [0, 0.05) is 25.7 Å². The molecule has 0 saturated heterocycles. The highest BCUT2D eigenvalue weighted by Gasteiger charge is 2.21. The number of carbonyl (C=O) groups is 1. The SMILES string of the molecule is CCS(=O)(=O)NCc1ccc(C(=O)N(C)CC(C)(C)CN)cc1.Cl. The molecule has 0 aromatic heterocycles. The Hall–Kier alpha value is -1.15. The van der Waals surface area contributed by atoms with Crippen LogP contribution >= 0.6 is 12.4 Å². The summed E-state index contributed by atoms with van der Waals surface area (Å²) < 4.78 is 25.3. The zero-order valence-corrected chi connectivity index (χ0v) is 16.3. The van der Waals surface area contributed by atoms with Crippen LogP contribution in [0.1, 0.15) is 36.7 Å². The maximum Gasteiger partial charge on any atom is 0.253 e. The maximum absolute atomic E-state index is 12.4. The molecule has 0 aliphatic heterocycles. The number of sulfonamides is 1. The summed E-state index contributed by atoms with van der Waals surface area (Å²) in [5, 5.41) is 0. The van der Waals surface area contributed by atoms with Gasteiger partial charge in [-0.1, -0.05) is 26.0 Å². The molecule has 1 aromatic carbocycles. The van der Waals surface area contributed by atoms with Gasteiger partial charge in [0.05, 0.1) is 5.75 Å². The number of hydrogen-bond donors (Lipinski definition) is 2. The van der Waals surface area contributed by atoms with E-state index in [0.29, 0.717) is 18.7 Å². The van der Waals surface area contributed by atoms with Gasteiger partial charge in [-0.2, -0.15) is 0 Å². The molecule has 0 aliphatic carbocycles. The Morgan fingerprint density at radius 2 is 1.79 bits per heavy atom. The number of nitrogens with one attached hydrogen (secondary N) is 1. The highest BCUT2D eigenvalue weighted by Crippen LogP contribution is 2.16. The summed E-state index contributed by atoms with van der Waals surface area (Å²) in [6, 6.07) is 6.94. The van der Waals surface area contributed by atoms with Gasteiger partial charge in [-0.3, -0.25) is 4.79 Å². The summed E-state index contributed by atoms with van der Waals surface area (Å²) in [7, 11) is -1.46. The molecular formula is C16H28ClN3O3S. The highest BCUT2D eigenvalue weighted by molar-refractivity contribution is 7.89.